The molecule has 2 aromatic rings. The van der Waals surface area contributed by atoms with Gasteiger partial charge in [0.15, 0.2) is 0 Å². The highest BCUT2D eigenvalue weighted by atomic mass is 16.5. The third kappa shape index (κ3) is 3.38. The molecule has 0 atom stereocenters. The maximum absolute atomic E-state index is 11.2. The molecular formula is C16H17NO4. The van der Waals surface area contributed by atoms with Gasteiger partial charge in [-0.2, -0.15) is 9.59 Å². The summed E-state index contributed by atoms with van der Waals surface area (Å²) in [5.41, 5.74) is 2.40. The van der Waals surface area contributed by atoms with Crippen molar-refractivity contribution in [3.05, 3.63) is 30.0 Å². The van der Waals surface area contributed by atoms with Crippen molar-refractivity contribution in [2.24, 2.45) is 0 Å². The van der Waals surface area contributed by atoms with Gasteiger partial charge in [0, 0.05) is 24.5 Å². The third-order valence-electron chi connectivity index (χ3n) is 3.46. The summed E-state index contributed by atoms with van der Waals surface area (Å²) in [6.07, 6.45) is 5.81. The van der Waals surface area contributed by atoms with Crippen molar-refractivity contribution in [3.8, 4) is 5.75 Å². The quantitative estimate of drug-likeness (QED) is 0.643. The van der Waals surface area contributed by atoms with Crippen molar-refractivity contribution in [2.75, 3.05) is 0 Å². The number of carbonyl (C=O) groups is 1. The number of ether oxygens (including phenoxy) is 1. The second-order valence-electron chi connectivity index (χ2n) is 5.01. The highest BCUT2D eigenvalue weighted by Crippen LogP contribution is 2.40. The molecule has 1 aromatic heterocycles. The van der Waals surface area contributed by atoms with E-state index in [-0.39, 0.29) is 12.1 Å². The molecule has 1 fully saturated rings. The van der Waals surface area contributed by atoms with Crippen molar-refractivity contribution in [1.82, 2.24) is 4.57 Å². The smallest absolute Gasteiger partial charge is 0.373 e. The van der Waals surface area contributed by atoms with E-state index in [0.717, 1.165) is 11.8 Å². The summed E-state index contributed by atoms with van der Waals surface area (Å²) in [6, 6.07) is 6.87. The molecule has 21 heavy (non-hydrogen) atoms. The van der Waals surface area contributed by atoms with Crippen molar-refractivity contribution >= 4 is 23.0 Å². The Morgan fingerprint density at radius 3 is 2.57 bits per heavy atom. The number of fused-ring (bicyclic) bond motifs is 1. The Morgan fingerprint density at radius 1 is 1.38 bits per heavy atom. The van der Waals surface area contributed by atoms with E-state index in [1.54, 1.807) is 0 Å². The fourth-order valence-corrected chi connectivity index (χ4v) is 2.40. The van der Waals surface area contributed by atoms with Crippen molar-refractivity contribution in [2.45, 2.75) is 39.2 Å². The maximum Gasteiger partial charge on any atom is 0.373 e. The van der Waals surface area contributed by atoms with Crippen LogP contribution in [0.2, 0.25) is 0 Å². The van der Waals surface area contributed by atoms with Gasteiger partial charge in [-0.3, -0.25) is 4.79 Å². The van der Waals surface area contributed by atoms with E-state index in [4.69, 9.17) is 14.3 Å². The normalized spacial score (nSPS) is 13.2. The first-order chi connectivity index (χ1) is 10.1. The zero-order valence-corrected chi connectivity index (χ0v) is 12.1. The Balaban J connectivity index is 0.000000497. The highest BCUT2D eigenvalue weighted by Gasteiger charge is 2.25. The van der Waals surface area contributed by atoms with Crippen LogP contribution in [0.5, 0.6) is 5.75 Å². The summed E-state index contributed by atoms with van der Waals surface area (Å²) in [4.78, 5) is 27.4. The average Bonchev–Trinajstić information content (AvgIpc) is 3.18. The van der Waals surface area contributed by atoms with Crippen LogP contribution in [0.25, 0.3) is 10.9 Å². The van der Waals surface area contributed by atoms with E-state index in [2.05, 4.69) is 23.8 Å². The lowest BCUT2D eigenvalue weighted by atomic mass is 10.1. The Bertz CT molecular complexity index is 692. The Hall–Kier alpha value is -2.39. The zero-order chi connectivity index (χ0) is 15.4. The lowest BCUT2D eigenvalue weighted by Gasteiger charge is -2.08. The Kier molecular flexibility index (Phi) is 4.55. The largest absolute Gasteiger partial charge is 0.426 e. The Labute approximate surface area is 122 Å². The van der Waals surface area contributed by atoms with Crippen LogP contribution < -0.4 is 4.74 Å². The first kappa shape index (κ1) is 15.0. The minimum atomic E-state index is -0.260. The predicted octanol–water partition coefficient (Wildman–Crippen LogP) is 2.88. The molecule has 0 N–H and O–H groups in total. The van der Waals surface area contributed by atoms with E-state index in [9.17, 15) is 4.79 Å². The summed E-state index contributed by atoms with van der Waals surface area (Å²) in [5, 5.41) is 1.04. The fraction of sp³-hybridized carbons (Fsp3) is 0.375. The molecule has 1 aromatic carbocycles. The van der Waals surface area contributed by atoms with Gasteiger partial charge in [0.1, 0.15) is 5.75 Å². The van der Waals surface area contributed by atoms with Crippen LogP contribution in [0.1, 0.15) is 38.3 Å². The van der Waals surface area contributed by atoms with Crippen LogP contribution in [0.3, 0.4) is 0 Å². The maximum atomic E-state index is 11.2. The second-order valence-corrected chi connectivity index (χ2v) is 5.01. The van der Waals surface area contributed by atoms with Crippen LogP contribution in [0.15, 0.2) is 24.4 Å². The lowest BCUT2D eigenvalue weighted by Crippen LogP contribution is -2.02. The first-order valence-corrected chi connectivity index (χ1v) is 6.91. The molecule has 1 aliphatic rings. The van der Waals surface area contributed by atoms with Gasteiger partial charge in [-0.1, -0.05) is 6.92 Å². The molecule has 0 unspecified atom stereocenters. The number of aryl methyl sites for hydroxylation is 1. The van der Waals surface area contributed by atoms with Gasteiger partial charge in [0.25, 0.3) is 0 Å². The highest BCUT2D eigenvalue weighted by molar-refractivity contribution is 5.89. The van der Waals surface area contributed by atoms with Gasteiger partial charge in [0.05, 0.1) is 5.52 Å². The standard InChI is InChI=1S/C15H17NO2.CO2/c1-3-11-8-14-13(15(9-11)18-10(2)17)6-7-16(14)12-4-5-12;2-1-3/h6-9,12H,3-5H2,1-2H3;. The number of rotatable bonds is 3. The molecule has 0 aliphatic heterocycles. The topological polar surface area (TPSA) is 65.4 Å². The zero-order valence-electron chi connectivity index (χ0n) is 12.1. The van der Waals surface area contributed by atoms with Crippen LogP contribution in [-0.4, -0.2) is 16.7 Å². The number of nitrogens with zero attached hydrogens (tertiary/aromatic N) is 1. The third-order valence-corrected chi connectivity index (χ3v) is 3.46. The van der Waals surface area contributed by atoms with Gasteiger partial charge < -0.3 is 9.30 Å². The van der Waals surface area contributed by atoms with Crippen LogP contribution in [0.4, 0.5) is 0 Å². The van der Waals surface area contributed by atoms with Gasteiger partial charge in [-0.15, -0.1) is 0 Å². The SMILES string of the molecule is CCc1cc(OC(C)=O)c2ccn(C3CC3)c2c1.O=C=O. The predicted molar refractivity (Wildman–Crippen MR) is 75.9 cm³/mol. The van der Waals surface area contributed by atoms with Crippen LogP contribution in [0, 0.1) is 0 Å². The van der Waals surface area contributed by atoms with E-state index in [1.807, 2.05) is 12.1 Å². The van der Waals surface area contributed by atoms with E-state index in [1.165, 1.54) is 30.8 Å². The molecule has 0 bridgehead atoms. The molecule has 0 saturated heterocycles. The van der Waals surface area contributed by atoms with Crippen LogP contribution >= 0.6 is 0 Å². The first-order valence-electron chi connectivity index (χ1n) is 6.91. The summed E-state index contributed by atoms with van der Waals surface area (Å²) < 4.78 is 7.64. The molecule has 110 valence electrons. The summed E-state index contributed by atoms with van der Waals surface area (Å²) in [7, 11) is 0. The number of hydrogen-bond donors (Lipinski definition) is 0. The molecule has 0 radical (unpaired) electrons. The minimum Gasteiger partial charge on any atom is -0.426 e. The number of esters is 1. The molecule has 0 amide bonds. The molecule has 1 aliphatic carbocycles. The molecule has 3 rings (SSSR count). The second kappa shape index (κ2) is 6.37. The molecule has 5 nitrogen and oxygen atoms in total. The molecule has 0 spiro atoms. The van der Waals surface area contributed by atoms with E-state index < -0.39 is 0 Å². The summed E-state index contributed by atoms with van der Waals surface area (Å²) in [6.45, 7) is 3.56. The average molecular weight is 287 g/mol. The van der Waals surface area contributed by atoms with Crippen molar-refractivity contribution in [1.29, 1.82) is 0 Å². The summed E-state index contributed by atoms with van der Waals surface area (Å²) >= 11 is 0. The monoisotopic (exact) mass is 287 g/mol. The number of carbonyl (C=O) groups excluding carboxylic acids is 3. The number of hydrogen-bond acceptors (Lipinski definition) is 4. The molecule has 1 saturated carbocycles. The van der Waals surface area contributed by atoms with Gasteiger partial charge in [-0.05, 0) is 43.0 Å². The van der Waals surface area contributed by atoms with Gasteiger partial charge in [-0.25, -0.2) is 0 Å². The Morgan fingerprint density at radius 2 is 2.05 bits per heavy atom. The fourth-order valence-electron chi connectivity index (χ4n) is 2.40. The molecule has 5 heteroatoms. The number of aromatic nitrogens is 1. The molecular weight excluding hydrogens is 270 g/mol. The van der Waals surface area contributed by atoms with Crippen LogP contribution in [-0.2, 0) is 20.8 Å². The molecule has 1 heterocycles. The minimum absolute atomic E-state index is 0.250. The number of benzene rings is 1. The van der Waals surface area contributed by atoms with Gasteiger partial charge in [0.2, 0.25) is 0 Å². The van der Waals surface area contributed by atoms with Crippen molar-refractivity contribution in [3.63, 3.8) is 0 Å². The van der Waals surface area contributed by atoms with Gasteiger partial charge >= 0.3 is 12.1 Å². The lowest BCUT2D eigenvalue weighted by molar-refractivity contribution is -0.191. The van der Waals surface area contributed by atoms with E-state index >= 15 is 0 Å². The van der Waals surface area contributed by atoms with E-state index in [0.29, 0.717) is 11.8 Å². The summed E-state index contributed by atoms with van der Waals surface area (Å²) in [5.74, 6) is 0.431. The van der Waals surface area contributed by atoms with Crippen molar-refractivity contribution < 1.29 is 19.1 Å².